The van der Waals surface area contributed by atoms with Crippen LogP contribution in [-0.4, -0.2) is 42.9 Å². The number of nitrogens with zero attached hydrogens (tertiary/aromatic N) is 4. The quantitative estimate of drug-likeness (QED) is 0.711. The Morgan fingerprint density at radius 2 is 2.18 bits per heavy atom. The molecule has 92 valence electrons. The van der Waals surface area contributed by atoms with Gasteiger partial charge in [0, 0.05) is 26.3 Å². The van der Waals surface area contributed by atoms with Gasteiger partial charge in [0.15, 0.2) is 5.82 Å². The third-order valence-corrected chi connectivity index (χ3v) is 3.58. The molecule has 2 aliphatic heterocycles. The number of anilines is 2. The summed E-state index contributed by atoms with van der Waals surface area (Å²) in [6.45, 7) is 2.52. The summed E-state index contributed by atoms with van der Waals surface area (Å²) in [4.78, 5) is 12.9. The molecule has 1 aromatic rings. The first-order valence-electron chi connectivity index (χ1n) is 5.84. The molecule has 5 nitrogen and oxygen atoms in total. The van der Waals surface area contributed by atoms with E-state index in [0.717, 1.165) is 44.2 Å². The van der Waals surface area contributed by atoms with Crippen LogP contribution in [0.1, 0.15) is 12.8 Å². The van der Waals surface area contributed by atoms with Gasteiger partial charge in [-0.15, -0.1) is 0 Å². The monoisotopic (exact) mass is 254 g/mol. The number of rotatable bonds is 1. The first-order valence-corrected chi connectivity index (χ1v) is 6.21. The molecule has 0 spiro atoms. The summed E-state index contributed by atoms with van der Waals surface area (Å²) in [6, 6.07) is 0.499. The molecular formula is C11H15ClN4O. The van der Waals surface area contributed by atoms with E-state index in [1.165, 1.54) is 0 Å². The third kappa shape index (κ3) is 1.93. The van der Waals surface area contributed by atoms with Crippen molar-refractivity contribution in [2.75, 3.05) is 36.7 Å². The lowest BCUT2D eigenvalue weighted by Crippen LogP contribution is -2.41. The number of aromatic nitrogens is 2. The fraction of sp³-hybridized carbons (Fsp3) is 0.636. The van der Waals surface area contributed by atoms with Crippen molar-refractivity contribution in [3.63, 3.8) is 0 Å². The molecule has 6 heteroatoms. The van der Waals surface area contributed by atoms with Gasteiger partial charge in [0.05, 0.1) is 18.6 Å². The van der Waals surface area contributed by atoms with Gasteiger partial charge in [-0.3, -0.25) is 0 Å². The van der Waals surface area contributed by atoms with E-state index in [4.69, 9.17) is 16.3 Å². The normalized spacial score (nSPS) is 20.8. The molecule has 3 heterocycles. The first kappa shape index (κ1) is 11.0. The molecule has 0 aromatic carbocycles. The van der Waals surface area contributed by atoms with Crippen molar-refractivity contribution in [2.24, 2.45) is 0 Å². The van der Waals surface area contributed by atoms with Gasteiger partial charge in [-0.05, 0) is 24.4 Å². The van der Waals surface area contributed by atoms with E-state index in [9.17, 15) is 0 Å². The highest BCUT2D eigenvalue weighted by molar-refractivity contribution is 6.28. The van der Waals surface area contributed by atoms with Gasteiger partial charge in [0.1, 0.15) is 0 Å². The average molecular weight is 255 g/mol. The van der Waals surface area contributed by atoms with Gasteiger partial charge in [-0.1, -0.05) is 0 Å². The minimum Gasteiger partial charge on any atom is -0.381 e. The third-order valence-electron chi connectivity index (χ3n) is 3.40. The van der Waals surface area contributed by atoms with Crippen LogP contribution in [0, 0.1) is 0 Å². The van der Waals surface area contributed by atoms with Crippen LogP contribution in [-0.2, 0) is 4.74 Å². The summed E-state index contributed by atoms with van der Waals surface area (Å²) >= 11 is 5.88. The second kappa shape index (κ2) is 4.31. The molecule has 0 amide bonds. The second-order valence-electron chi connectivity index (χ2n) is 4.50. The molecular weight excluding hydrogens is 240 g/mol. The molecule has 17 heavy (non-hydrogen) atoms. The van der Waals surface area contributed by atoms with Gasteiger partial charge < -0.3 is 14.5 Å². The Hall–Kier alpha value is -1.07. The summed E-state index contributed by atoms with van der Waals surface area (Å²) in [6.07, 6.45) is 3.90. The molecule has 0 aliphatic carbocycles. The Labute approximate surface area is 105 Å². The van der Waals surface area contributed by atoms with Crippen LogP contribution < -0.4 is 9.80 Å². The number of hydrogen-bond donors (Lipinski definition) is 0. The lowest BCUT2D eigenvalue weighted by molar-refractivity contribution is 0.0847. The van der Waals surface area contributed by atoms with Crippen LogP contribution in [0.3, 0.4) is 0 Å². The fourth-order valence-electron chi connectivity index (χ4n) is 2.48. The lowest BCUT2D eigenvalue weighted by atomic mass is 10.1. The maximum atomic E-state index is 5.88. The van der Waals surface area contributed by atoms with Crippen LogP contribution >= 0.6 is 11.6 Å². The van der Waals surface area contributed by atoms with E-state index in [1.807, 2.05) is 0 Å². The molecule has 0 unspecified atom stereocenters. The summed E-state index contributed by atoms with van der Waals surface area (Å²) < 4.78 is 5.40. The molecule has 2 aliphatic rings. The van der Waals surface area contributed by atoms with Crippen molar-refractivity contribution in [1.82, 2.24) is 9.97 Å². The summed E-state index contributed by atoms with van der Waals surface area (Å²) in [5.41, 5.74) is 1.06. The van der Waals surface area contributed by atoms with Crippen molar-refractivity contribution >= 4 is 23.1 Å². The molecule has 3 rings (SSSR count). The molecule has 0 bridgehead atoms. The maximum Gasteiger partial charge on any atom is 0.224 e. The van der Waals surface area contributed by atoms with Crippen molar-refractivity contribution in [3.05, 3.63) is 11.5 Å². The number of fused-ring (bicyclic) bond motifs is 1. The zero-order valence-corrected chi connectivity index (χ0v) is 10.5. The minimum atomic E-state index is 0.316. The van der Waals surface area contributed by atoms with Crippen molar-refractivity contribution in [3.8, 4) is 0 Å². The predicted octanol–water partition coefficient (Wildman–Crippen LogP) is 1.52. The lowest BCUT2D eigenvalue weighted by Gasteiger charge is -2.32. The maximum absolute atomic E-state index is 5.88. The number of halogens is 1. The highest BCUT2D eigenvalue weighted by atomic mass is 35.5. The molecule has 0 N–H and O–H groups in total. The molecule has 0 atom stereocenters. The second-order valence-corrected chi connectivity index (χ2v) is 4.84. The molecule has 1 aromatic heterocycles. The van der Waals surface area contributed by atoms with E-state index >= 15 is 0 Å². The topological polar surface area (TPSA) is 41.5 Å². The van der Waals surface area contributed by atoms with Crippen LogP contribution in [0.2, 0.25) is 5.28 Å². The van der Waals surface area contributed by atoms with Crippen molar-refractivity contribution in [1.29, 1.82) is 0 Å². The minimum absolute atomic E-state index is 0.316. The van der Waals surface area contributed by atoms with Gasteiger partial charge >= 0.3 is 0 Å². The Morgan fingerprint density at radius 3 is 2.94 bits per heavy atom. The smallest absolute Gasteiger partial charge is 0.224 e. The van der Waals surface area contributed by atoms with E-state index < -0.39 is 0 Å². The molecule has 0 saturated carbocycles. The highest BCUT2D eigenvalue weighted by Crippen LogP contribution is 2.36. The Bertz CT molecular complexity index is 422. The first-order chi connectivity index (χ1) is 8.25. The molecule has 1 fully saturated rings. The summed E-state index contributed by atoms with van der Waals surface area (Å²) in [5.74, 6) is 0.958. The predicted molar refractivity (Wildman–Crippen MR) is 66.6 cm³/mol. The zero-order chi connectivity index (χ0) is 11.8. The van der Waals surface area contributed by atoms with Crippen LogP contribution in [0.5, 0.6) is 0 Å². The van der Waals surface area contributed by atoms with Crippen molar-refractivity contribution in [2.45, 2.75) is 18.9 Å². The largest absolute Gasteiger partial charge is 0.381 e. The molecule has 1 saturated heterocycles. The van der Waals surface area contributed by atoms with Gasteiger partial charge in [0.25, 0.3) is 0 Å². The molecule has 0 radical (unpaired) electrons. The Kier molecular flexibility index (Phi) is 2.80. The van der Waals surface area contributed by atoms with Crippen LogP contribution in [0.25, 0.3) is 0 Å². The van der Waals surface area contributed by atoms with Gasteiger partial charge in [-0.2, -0.15) is 4.98 Å². The van der Waals surface area contributed by atoms with Crippen molar-refractivity contribution < 1.29 is 4.74 Å². The Morgan fingerprint density at radius 1 is 1.41 bits per heavy atom. The highest BCUT2D eigenvalue weighted by Gasteiger charge is 2.31. The fourth-order valence-corrected chi connectivity index (χ4v) is 2.61. The average Bonchev–Trinajstić information content (AvgIpc) is 2.67. The summed E-state index contributed by atoms with van der Waals surface area (Å²) in [5, 5.41) is 0.316. The van der Waals surface area contributed by atoms with E-state index in [1.54, 1.807) is 6.20 Å². The van der Waals surface area contributed by atoms with E-state index in [-0.39, 0.29) is 0 Å². The number of hydrogen-bond acceptors (Lipinski definition) is 5. The van der Waals surface area contributed by atoms with Gasteiger partial charge in [0.2, 0.25) is 5.28 Å². The number of ether oxygens (including phenoxy) is 1. The zero-order valence-electron chi connectivity index (χ0n) is 9.77. The standard InChI is InChI=1S/C11H15ClN4O/c1-15-7-16(8-2-4-17-5-3-8)10-9(15)6-13-11(12)14-10/h6,8H,2-5,7H2,1H3. The van der Waals surface area contributed by atoms with E-state index in [0.29, 0.717) is 11.3 Å². The van der Waals surface area contributed by atoms with E-state index in [2.05, 4.69) is 26.8 Å². The van der Waals surface area contributed by atoms with Crippen LogP contribution in [0.15, 0.2) is 6.20 Å². The van der Waals surface area contributed by atoms with Gasteiger partial charge in [-0.25, -0.2) is 4.98 Å². The summed E-state index contributed by atoms with van der Waals surface area (Å²) in [7, 11) is 2.05. The Balaban J connectivity index is 1.91. The SMILES string of the molecule is CN1CN(C2CCOCC2)c2nc(Cl)ncc21. The van der Waals surface area contributed by atoms with Crippen LogP contribution in [0.4, 0.5) is 11.5 Å².